The Morgan fingerprint density at radius 1 is 1.08 bits per heavy atom. The van der Waals surface area contributed by atoms with E-state index >= 15 is 0 Å². The van der Waals surface area contributed by atoms with E-state index in [1.54, 1.807) is 21.0 Å². The molecule has 0 aliphatic carbocycles. The van der Waals surface area contributed by atoms with Crippen LogP contribution in [0.25, 0.3) is 16.7 Å². The van der Waals surface area contributed by atoms with Crippen molar-refractivity contribution < 1.29 is 19.1 Å². The van der Waals surface area contributed by atoms with Crippen molar-refractivity contribution in [2.45, 2.75) is 20.8 Å². The van der Waals surface area contributed by atoms with E-state index in [9.17, 15) is 14.7 Å². The summed E-state index contributed by atoms with van der Waals surface area (Å²) in [5.41, 5.74) is 1.73. The number of hydrogen-bond acceptors (Lipinski definition) is 4. The monoisotopic (exact) mass is 327 g/mol. The van der Waals surface area contributed by atoms with Crippen LogP contribution >= 0.6 is 0 Å². The number of aliphatic hydroxyl groups is 1. The fourth-order valence-electron chi connectivity index (χ4n) is 2.66. The lowest BCUT2D eigenvalue weighted by molar-refractivity contribution is -0.112. The summed E-state index contributed by atoms with van der Waals surface area (Å²) in [4.78, 5) is 26.1. The van der Waals surface area contributed by atoms with Gasteiger partial charge in [0.2, 0.25) is 0 Å². The predicted molar refractivity (Wildman–Crippen MR) is 92.8 cm³/mol. The quantitative estimate of drug-likeness (QED) is 0.684. The first-order valence-corrected chi connectivity index (χ1v) is 7.57. The molecule has 0 saturated heterocycles. The number of rotatable bonds is 4. The fraction of sp³-hybridized carbons (Fsp3) is 0.263. The standard InChI is InChI=1S/C19H21NO4/c1-11(21)15(12(2)22)18-17(14-9-7-6-8-10-14)16(13(3)24-18)19(23)20(4)5/h6-10,21H,1-5H3/b15-11+. The Morgan fingerprint density at radius 3 is 2.12 bits per heavy atom. The summed E-state index contributed by atoms with van der Waals surface area (Å²) in [6.07, 6.45) is 0. The van der Waals surface area contributed by atoms with Gasteiger partial charge in [-0.15, -0.1) is 0 Å². The average molecular weight is 327 g/mol. The third-order valence-corrected chi connectivity index (χ3v) is 3.71. The lowest BCUT2D eigenvalue weighted by Crippen LogP contribution is -2.22. The molecule has 2 aromatic rings. The number of ketones is 1. The molecule has 2 rings (SSSR count). The van der Waals surface area contributed by atoms with E-state index in [1.807, 2.05) is 30.3 Å². The lowest BCUT2D eigenvalue weighted by Gasteiger charge is -2.12. The van der Waals surface area contributed by atoms with Gasteiger partial charge in [0.25, 0.3) is 5.91 Å². The summed E-state index contributed by atoms with van der Waals surface area (Å²) in [6, 6.07) is 9.22. The van der Waals surface area contributed by atoms with Crippen molar-refractivity contribution in [2.75, 3.05) is 14.1 Å². The first-order valence-electron chi connectivity index (χ1n) is 7.57. The van der Waals surface area contributed by atoms with Crippen LogP contribution in [0.15, 0.2) is 40.5 Å². The molecule has 0 radical (unpaired) electrons. The molecular weight excluding hydrogens is 306 g/mol. The van der Waals surface area contributed by atoms with Crippen molar-refractivity contribution in [3.05, 3.63) is 53.2 Å². The molecule has 1 N–H and O–H groups in total. The van der Waals surface area contributed by atoms with Crippen molar-refractivity contribution in [1.82, 2.24) is 4.90 Å². The van der Waals surface area contributed by atoms with Gasteiger partial charge in [0, 0.05) is 19.7 Å². The van der Waals surface area contributed by atoms with Gasteiger partial charge in [0.1, 0.15) is 17.3 Å². The number of hydrogen-bond donors (Lipinski definition) is 1. The third-order valence-electron chi connectivity index (χ3n) is 3.71. The summed E-state index contributed by atoms with van der Waals surface area (Å²) in [5.74, 6) is -0.0686. The predicted octanol–water partition coefficient (Wildman–Crippen LogP) is 3.83. The number of amides is 1. The molecule has 5 nitrogen and oxygen atoms in total. The fourth-order valence-corrected chi connectivity index (χ4v) is 2.66. The van der Waals surface area contributed by atoms with Crippen LogP contribution in [0.5, 0.6) is 0 Å². The van der Waals surface area contributed by atoms with Crippen molar-refractivity contribution in [1.29, 1.82) is 0 Å². The third kappa shape index (κ3) is 3.11. The van der Waals surface area contributed by atoms with Gasteiger partial charge >= 0.3 is 0 Å². The van der Waals surface area contributed by atoms with Gasteiger partial charge in [-0.1, -0.05) is 30.3 Å². The van der Waals surface area contributed by atoms with Crippen LogP contribution < -0.4 is 0 Å². The zero-order chi connectivity index (χ0) is 18.0. The molecule has 1 amide bonds. The van der Waals surface area contributed by atoms with E-state index < -0.39 is 0 Å². The van der Waals surface area contributed by atoms with Crippen LogP contribution in [-0.2, 0) is 4.79 Å². The van der Waals surface area contributed by atoms with Gasteiger partial charge < -0.3 is 14.4 Å². The molecule has 1 heterocycles. The summed E-state index contributed by atoms with van der Waals surface area (Å²) in [5, 5.41) is 9.96. The Kier molecular flexibility index (Phi) is 4.93. The highest BCUT2D eigenvalue weighted by Gasteiger charge is 2.29. The molecule has 1 aromatic heterocycles. The SMILES string of the molecule is CC(=O)/C(=C(/C)O)c1oc(C)c(C(=O)N(C)C)c1-c1ccccc1. The minimum atomic E-state index is -0.329. The maximum absolute atomic E-state index is 12.6. The average Bonchev–Trinajstić information content (AvgIpc) is 2.83. The van der Waals surface area contributed by atoms with Crippen molar-refractivity contribution in [3.8, 4) is 11.1 Å². The number of allylic oxidation sites excluding steroid dienone is 2. The van der Waals surface area contributed by atoms with E-state index in [4.69, 9.17) is 4.42 Å². The molecule has 0 bridgehead atoms. The zero-order valence-corrected chi connectivity index (χ0v) is 14.5. The summed E-state index contributed by atoms with van der Waals surface area (Å²) >= 11 is 0. The lowest BCUT2D eigenvalue weighted by atomic mass is 9.95. The number of carbonyl (C=O) groups is 2. The Labute approximate surface area is 141 Å². The number of furan rings is 1. The maximum Gasteiger partial charge on any atom is 0.257 e. The number of nitrogens with zero attached hydrogens (tertiary/aromatic N) is 1. The topological polar surface area (TPSA) is 70.7 Å². The van der Waals surface area contributed by atoms with E-state index in [-0.39, 0.29) is 28.8 Å². The molecule has 0 aliphatic rings. The van der Waals surface area contributed by atoms with Crippen molar-refractivity contribution in [2.24, 2.45) is 0 Å². The van der Waals surface area contributed by atoms with Gasteiger partial charge in [-0.3, -0.25) is 9.59 Å². The largest absolute Gasteiger partial charge is 0.512 e. The van der Waals surface area contributed by atoms with Gasteiger partial charge in [0.15, 0.2) is 5.78 Å². The molecule has 0 aliphatic heterocycles. The zero-order valence-electron chi connectivity index (χ0n) is 14.5. The van der Waals surface area contributed by atoms with Crippen LogP contribution in [0.2, 0.25) is 0 Å². The molecule has 24 heavy (non-hydrogen) atoms. The second-order valence-electron chi connectivity index (χ2n) is 5.82. The van der Waals surface area contributed by atoms with Gasteiger partial charge in [0.05, 0.1) is 11.1 Å². The van der Waals surface area contributed by atoms with Crippen LogP contribution in [0.3, 0.4) is 0 Å². The van der Waals surface area contributed by atoms with Gasteiger partial charge in [-0.25, -0.2) is 0 Å². The molecule has 0 atom stereocenters. The van der Waals surface area contributed by atoms with Crippen molar-refractivity contribution in [3.63, 3.8) is 0 Å². The molecule has 0 saturated carbocycles. The molecule has 0 fully saturated rings. The Bertz CT molecular complexity index is 809. The highest BCUT2D eigenvalue weighted by molar-refractivity contribution is 6.22. The number of aryl methyl sites for hydroxylation is 1. The Hall–Kier alpha value is -2.82. The van der Waals surface area contributed by atoms with E-state index in [0.29, 0.717) is 16.9 Å². The molecule has 0 unspecified atom stereocenters. The minimum Gasteiger partial charge on any atom is -0.512 e. The Balaban J connectivity index is 2.88. The number of benzene rings is 1. The second kappa shape index (κ2) is 6.74. The number of carbonyl (C=O) groups excluding carboxylic acids is 2. The van der Waals surface area contributed by atoms with E-state index in [0.717, 1.165) is 5.56 Å². The molecule has 0 spiro atoms. The van der Waals surface area contributed by atoms with E-state index in [1.165, 1.54) is 18.7 Å². The maximum atomic E-state index is 12.6. The van der Waals surface area contributed by atoms with Crippen LogP contribution in [0.4, 0.5) is 0 Å². The summed E-state index contributed by atoms with van der Waals surface area (Å²) in [7, 11) is 3.31. The highest BCUT2D eigenvalue weighted by Crippen LogP contribution is 2.38. The molecule has 5 heteroatoms. The van der Waals surface area contributed by atoms with Crippen molar-refractivity contribution >= 4 is 17.3 Å². The smallest absolute Gasteiger partial charge is 0.257 e. The first-order chi connectivity index (χ1) is 11.3. The van der Waals surface area contributed by atoms with Crippen LogP contribution in [0.1, 0.15) is 35.7 Å². The van der Waals surface area contributed by atoms with Gasteiger partial charge in [-0.05, 0) is 26.3 Å². The normalized spacial score (nSPS) is 11.9. The van der Waals surface area contributed by atoms with Crippen LogP contribution in [0, 0.1) is 6.92 Å². The van der Waals surface area contributed by atoms with Crippen LogP contribution in [-0.4, -0.2) is 35.8 Å². The minimum absolute atomic E-state index is 0.0785. The second-order valence-corrected chi connectivity index (χ2v) is 5.82. The summed E-state index contributed by atoms with van der Waals surface area (Å²) < 4.78 is 5.77. The molecular formula is C19H21NO4. The number of Topliss-reactive ketones (excluding diaryl/α,β-unsaturated/α-hetero) is 1. The Morgan fingerprint density at radius 2 is 1.67 bits per heavy atom. The number of aliphatic hydroxyl groups excluding tert-OH is 1. The first kappa shape index (κ1) is 17.5. The summed E-state index contributed by atoms with van der Waals surface area (Å²) in [6.45, 7) is 4.46. The highest BCUT2D eigenvalue weighted by atomic mass is 16.3. The molecule has 126 valence electrons. The van der Waals surface area contributed by atoms with E-state index in [2.05, 4.69) is 0 Å². The van der Waals surface area contributed by atoms with Gasteiger partial charge in [-0.2, -0.15) is 0 Å². The molecule has 1 aromatic carbocycles.